The molecular formula is C8H15Cl3O2S. The van der Waals surface area contributed by atoms with Crippen molar-refractivity contribution >= 4 is 46.2 Å². The first-order valence-corrected chi connectivity index (χ1v) is 8.79. The standard InChI is InChI=1S/C8H15Cl3O2S/c9-14(10,11)7-5-3-1-2-4-6-13-8-12/h8H,1-7H2. The van der Waals surface area contributed by atoms with Crippen molar-refractivity contribution in [3.8, 4) is 0 Å². The van der Waals surface area contributed by atoms with Crippen LogP contribution in [0.1, 0.15) is 32.1 Å². The number of rotatable bonds is 9. The van der Waals surface area contributed by atoms with Crippen molar-refractivity contribution in [1.82, 2.24) is 0 Å². The molecule has 0 heterocycles. The fraction of sp³-hybridized carbons (Fsp3) is 0.875. The fourth-order valence-electron chi connectivity index (χ4n) is 1.03. The van der Waals surface area contributed by atoms with Crippen molar-refractivity contribution in [3.05, 3.63) is 0 Å². The Morgan fingerprint density at radius 2 is 1.57 bits per heavy atom. The molecule has 6 heteroatoms. The van der Waals surface area contributed by atoms with Crippen LogP contribution in [0.3, 0.4) is 0 Å². The number of ether oxygens (including phenoxy) is 1. The van der Waals surface area contributed by atoms with Gasteiger partial charge in [0.1, 0.15) is 0 Å². The lowest BCUT2D eigenvalue weighted by molar-refractivity contribution is -0.128. The van der Waals surface area contributed by atoms with Crippen molar-refractivity contribution in [2.24, 2.45) is 0 Å². The summed E-state index contributed by atoms with van der Waals surface area (Å²) in [5.74, 6) is 0.683. The van der Waals surface area contributed by atoms with Crippen LogP contribution in [0.4, 0.5) is 0 Å². The molecule has 0 unspecified atom stereocenters. The van der Waals surface area contributed by atoms with Gasteiger partial charge in [-0.15, -0.1) is 0 Å². The van der Waals surface area contributed by atoms with Crippen LogP contribution < -0.4 is 0 Å². The molecule has 0 N–H and O–H groups in total. The Hall–Kier alpha value is 0.690. The lowest BCUT2D eigenvalue weighted by atomic mass is 10.2. The molecule has 0 aliphatic carbocycles. The summed E-state index contributed by atoms with van der Waals surface area (Å²) in [6.45, 7) is 0.991. The van der Waals surface area contributed by atoms with Crippen LogP contribution in [-0.4, -0.2) is 18.8 Å². The van der Waals surface area contributed by atoms with E-state index >= 15 is 0 Å². The minimum absolute atomic E-state index is 0.478. The van der Waals surface area contributed by atoms with E-state index in [1.165, 1.54) is 0 Å². The summed E-state index contributed by atoms with van der Waals surface area (Å²) >= 11 is 0. The second-order valence-corrected chi connectivity index (χ2v) is 10.5. The second-order valence-electron chi connectivity index (χ2n) is 2.94. The van der Waals surface area contributed by atoms with E-state index in [9.17, 15) is 4.79 Å². The van der Waals surface area contributed by atoms with Gasteiger partial charge >= 0.3 is 0 Å². The Bertz CT molecular complexity index is 150. The van der Waals surface area contributed by atoms with Crippen molar-refractivity contribution in [1.29, 1.82) is 0 Å². The third-order valence-corrected chi connectivity index (χ3v) is 3.85. The lowest BCUT2D eigenvalue weighted by Crippen LogP contribution is -1.92. The Kier molecular flexibility index (Phi) is 9.40. The van der Waals surface area contributed by atoms with Crippen LogP contribution in [0.15, 0.2) is 0 Å². The molecule has 14 heavy (non-hydrogen) atoms. The summed E-state index contributed by atoms with van der Waals surface area (Å²) in [5.41, 5.74) is 0. The van der Waals surface area contributed by atoms with Crippen LogP contribution in [0, 0.1) is 0 Å². The highest BCUT2D eigenvalue weighted by Crippen LogP contribution is 2.63. The lowest BCUT2D eigenvalue weighted by Gasteiger charge is -2.14. The smallest absolute Gasteiger partial charge is 0.293 e. The molecule has 0 fully saturated rings. The van der Waals surface area contributed by atoms with Gasteiger partial charge < -0.3 is 4.74 Å². The summed E-state index contributed by atoms with van der Waals surface area (Å²) in [6.07, 6.45) is 5.10. The van der Waals surface area contributed by atoms with Crippen molar-refractivity contribution in [2.75, 3.05) is 12.4 Å². The zero-order chi connectivity index (χ0) is 10.9. The highest BCUT2D eigenvalue weighted by molar-refractivity contribution is 8.79. The molecule has 0 saturated carbocycles. The van der Waals surface area contributed by atoms with E-state index in [-0.39, 0.29) is 0 Å². The quantitative estimate of drug-likeness (QED) is 0.463. The third-order valence-electron chi connectivity index (χ3n) is 1.71. The van der Waals surface area contributed by atoms with E-state index < -0.39 is 7.67 Å². The molecule has 0 spiro atoms. The first kappa shape index (κ1) is 14.7. The monoisotopic (exact) mass is 280 g/mol. The van der Waals surface area contributed by atoms with E-state index in [2.05, 4.69) is 4.74 Å². The molecule has 0 aromatic heterocycles. The first-order valence-electron chi connectivity index (χ1n) is 4.51. The summed E-state index contributed by atoms with van der Waals surface area (Å²) in [6, 6.07) is 0. The van der Waals surface area contributed by atoms with Gasteiger partial charge in [0, 0.05) is 5.75 Å². The van der Waals surface area contributed by atoms with Gasteiger partial charge in [0.15, 0.2) is 0 Å². The predicted octanol–water partition coefficient (Wildman–Crippen LogP) is 4.38. The number of unbranched alkanes of at least 4 members (excludes halogenated alkanes) is 4. The van der Waals surface area contributed by atoms with Gasteiger partial charge in [-0.2, -0.15) is 0 Å². The normalized spacial score (nSPS) is 12.5. The Labute approximate surface area is 100 Å². The number of carbonyl (C=O) groups excluding carboxylic acids is 1. The molecule has 0 bridgehead atoms. The largest absolute Gasteiger partial charge is 0.468 e. The number of hydrogen-bond acceptors (Lipinski definition) is 2. The molecule has 86 valence electrons. The minimum atomic E-state index is -1.88. The molecule has 0 aliphatic rings. The number of hydrogen-bond donors (Lipinski definition) is 0. The average Bonchev–Trinajstić information content (AvgIpc) is 2.08. The highest BCUT2D eigenvalue weighted by Gasteiger charge is 2.11. The summed E-state index contributed by atoms with van der Waals surface area (Å²) in [4.78, 5) is 9.79. The second kappa shape index (κ2) is 8.96. The van der Waals surface area contributed by atoms with Crippen molar-refractivity contribution < 1.29 is 9.53 Å². The van der Waals surface area contributed by atoms with E-state index in [1.54, 1.807) is 0 Å². The van der Waals surface area contributed by atoms with Gasteiger partial charge in [-0.25, -0.2) is 0 Å². The highest BCUT2D eigenvalue weighted by atomic mass is 36.2. The maximum Gasteiger partial charge on any atom is 0.293 e. The molecule has 0 aliphatic heterocycles. The molecule has 0 saturated heterocycles. The summed E-state index contributed by atoms with van der Waals surface area (Å²) in [5, 5.41) is 0. The van der Waals surface area contributed by atoms with E-state index in [1.807, 2.05) is 0 Å². The van der Waals surface area contributed by atoms with Gasteiger partial charge in [-0.05, 0) is 52.6 Å². The zero-order valence-electron chi connectivity index (χ0n) is 7.89. The van der Waals surface area contributed by atoms with Gasteiger partial charge in [0.05, 0.1) is 6.61 Å². The van der Waals surface area contributed by atoms with Crippen molar-refractivity contribution in [3.63, 3.8) is 0 Å². The Morgan fingerprint density at radius 1 is 1.00 bits per heavy atom. The average molecular weight is 282 g/mol. The van der Waals surface area contributed by atoms with E-state index in [0.717, 1.165) is 32.1 Å². The van der Waals surface area contributed by atoms with Gasteiger partial charge in [-0.1, -0.05) is 19.3 Å². The zero-order valence-corrected chi connectivity index (χ0v) is 11.0. The molecule has 0 radical (unpaired) electrons. The molecule has 0 aromatic carbocycles. The van der Waals surface area contributed by atoms with Crippen molar-refractivity contribution in [2.45, 2.75) is 32.1 Å². The van der Waals surface area contributed by atoms with Gasteiger partial charge in [0.2, 0.25) is 0 Å². The maximum atomic E-state index is 9.79. The summed E-state index contributed by atoms with van der Waals surface area (Å²) < 4.78 is 4.55. The summed E-state index contributed by atoms with van der Waals surface area (Å²) in [7, 11) is 15.1. The molecule has 2 nitrogen and oxygen atoms in total. The third kappa shape index (κ3) is 12.7. The van der Waals surface area contributed by atoms with Gasteiger partial charge in [0.25, 0.3) is 6.47 Å². The predicted molar refractivity (Wildman–Crippen MR) is 65.1 cm³/mol. The van der Waals surface area contributed by atoms with E-state index in [0.29, 0.717) is 18.8 Å². The van der Waals surface area contributed by atoms with E-state index in [4.69, 9.17) is 32.0 Å². The molecule has 0 rings (SSSR count). The Balaban J connectivity index is 3.03. The molecule has 0 amide bonds. The molecule has 0 atom stereocenters. The molecular weight excluding hydrogens is 267 g/mol. The van der Waals surface area contributed by atoms with Crippen LogP contribution in [-0.2, 0) is 9.53 Å². The number of halogens is 3. The number of carbonyl (C=O) groups is 1. The van der Waals surface area contributed by atoms with Crippen LogP contribution >= 0.6 is 39.7 Å². The SMILES string of the molecule is O=COCCCCCCCS(Cl)(Cl)Cl. The van der Waals surface area contributed by atoms with Crippen LogP contribution in [0.25, 0.3) is 0 Å². The molecule has 0 aromatic rings. The van der Waals surface area contributed by atoms with Crippen LogP contribution in [0.2, 0.25) is 0 Å². The first-order chi connectivity index (χ1) is 6.56. The van der Waals surface area contributed by atoms with Crippen LogP contribution in [0.5, 0.6) is 0 Å². The fourth-order valence-corrected chi connectivity index (χ4v) is 2.54. The maximum absolute atomic E-state index is 9.79. The Morgan fingerprint density at radius 3 is 2.14 bits per heavy atom. The topological polar surface area (TPSA) is 26.3 Å². The van der Waals surface area contributed by atoms with Gasteiger partial charge in [-0.3, -0.25) is 4.79 Å². The minimum Gasteiger partial charge on any atom is -0.468 e.